The predicted molar refractivity (Wildman–Crippen MR) is 70.0 cm³/mol. The number of aliphatic hydroxyl groups is 1. The summed E-state index contributed by atoms with van der Waals surface area (Å²) in [6.07, 6.45) is 0.525. The summed E-state index contributed by atoms with van der Waals surface area (Å²) in [6.45, 7) is 6.59. The van der Waals surface area contributed by atoms with Crippen molar-refractivity contribution in [1.29, 1.82) is 0 Å². The molecule has 0 aliphatic rings. The first-order valence-electron chi connectivity index (χ1n) is 6.25. The summed E-state index contributed by atoms with van der Waals surface area (Å²) in [4.78, 5) is 0. The highest BCUT2D eigenvalue weighted by Gasteiger charge is 2.15. The van der Waals surface area contributed by atoms with Crippen LogP contribution in [0.25, 0.3) is 0 Å². The lowest BCUT2D eigenvalue weighted by Crippen LogP contribution is -2.33. The molecule has 0 aliphatic carbocycles. The van der Waals surface area contributed by atoms with E-state index in [0.717, 1.165) is 12.0 Å². The molecule has 3 N–H and O–H groups in total. The van der Waals surface area contributed by atoms with E-state index in [1.807, 2.05) is 32.0 Å². The van der Waals surface area contributed by atoms with E-state index in [0.29, 0.717) is 12.3 Å². The van der Waals surface area contributed by atoms with Crippen LogP contribution in [0.15, 0.2) is 24.3 Å². The Morgan fingerprint density at radius 3 is 2.41 bits per heavy atom. The first-order valence-corrected chi connectivity index (χ1v) is 6.25. The van der Waals surface area contributed by atoms with Gasteiger partial charge in [0.1, 0.15) is 5.75 Å². The van der Waals surface area contributed by atoms with Gasteiger partial charge in [0, 0.05) is 18.2 Å². The number of nitrogens with one attached hydrogen (secondary N) is 1. The highest BCUT2D eigenvalue weighted by Crippen LogP contribution is 2.25. The van der Waals surface area contributed by atoms with E-state index in [2.05, 4.69) is 12.2 Å². The molecule has 3 heteroatoms. The smallest absolute Gasteiger partial charge is 0.120 e. The SMILES string of the molecule is CCC(NCC(O)C(C)C)c1ccccc1O. The molecule has 96 valence electrons. The van der Waals surface area contributed by atoms with Crippen molar-refractivity contribution in [2.24, 2.45) is 5.92 Å². The molecule has 1 aromatic carbocycles. The molecule has 0 fully saturated rings. The van der Waals surface area contributed by atoms with Crippen LogP contribution in [0.4, 0.5) is 0 Å². The highest BCUT2D eigenvalue weighted by atomic mass is 16.3. The van der Waals surface area contributed by atoms with Gasteiger partial charge in [-0.3, -0.25) is 0 Å². The Morgan fingerprint density at radius 1 is 1.24 bits per heavy atom. The van der Waals surface area contributed by atoms with Crippen molar-refractivity contribution in [2.75, 3.05) is 6.54 Å². The second kappa shape index (κ2) is 6.62. The van der Waals surface area contributed by atoms with Crippen LogP contribution in [0.1, 0.15) is 38.8 Å². The number of benzene rings is 1. The van der Waals surface area contributed by atoms with Gasteiger partial charge in [0.25, 0.3) is 0 Å². The summed E-state index contributed by atoms with van der Waals surface area (Å²) in [5.74, 6) is 0.551. The lowest BCUT2D eigenvalue weighted by molar-refractivity contribution is 0.119. The molecule has 0 aromatic heterocycles. The van der Waals surface area contributed by atoms with Gasteiger partial charge in [-0.15, -0.1) is 0 Å². The van der Waals surface area contributed by atoms with Crippen LogP contribution in [0.2, 0.25) is 0 Å². The van der Waals surface area contributed by atoms with E-state index >= 15 is 0 Å². The van der Waals surface area contributed by atoms with E-state index < -0.39 is 0 Å². The first kappa shape index (κ1) is 14.0. The van der Waals surface area contributed by atoms with Crippen molar-refractivity contribution in [2.45, 2.75) is 39.3 Å². The summed E-state index contributed by atoms with van der Waals surface area (Å²) in [5, 5.41) is 22.8. The van der Waals surface area contributed by atoms with Gasteiger partial charge in [-0.2, -0.15) is 0 Å². The van der Waals surface area contributed by atoms with E-state index in [4.69, 9.17) is 0 Å². The molecule has 0 bridgehead atoms. The molecule has 0 spiro atoms. The van der Waals surface area contributed by atoms with Gasteiger partial charge in [-0.05, 0) is 18.4 Å². The molecule has 2 unspecified atom stereocenters. The van der Waals surface area contributed by atoms with Crippen LogP contribution < -0.4 is 5.32 Å². The normalized spacial score (nSPS) is 14.9. The fourth-order valence-corrected chi connectivity index (χ4v) is 1.76. The Bertz CT molecular complexity index is 339. The summed E-state index contributed by atoms with van der Waals surface area (Å²) in [6, 6.07) is 7.42. The molecule has 1 aromatic rings. The van der Waals surface area contributed by atoms with Gasteiger partial charge in [-0.25, -0.2) is 0 Å². The monoisotopic (exact) mass is 237 g/mol. The van der Waals surface area contributed by atoms with Crippen molar-refractivity contribution in [3.63, 3.8) is 0 Å². The Balaban J connectivity index is 2.64. The van der Waals surface area contributed by atoms with Crippen molar-refractivity contribution in [3.05, 3.63) is 29.8 Å². The van der Waals surface area contributed by atoms with Crippen LogP contribution in [-0.2, 0) is 0 Å². The number of para-hydroxylation sites is 1. The Morgan fingerprint density at radius 2 is 1.88 bits per heavy atom. The third-order valence-electron chi connectivity index (χ3n) is 3.06. The van der Waals surface area contributed by atoms with Gasteiger partial charge in [-0.1, -0.05) is 39.0 Å². The second-order valence-electron chi connectivity index (χ2n) is 4.74. The molecule has 0 saturated heterocycles. The van der Waals surface area contributed by atoms with Crippen LogP contribution >= 0.6 is 0 Å². The zero-order chi connectivity index (χ0) is 12.8. The molecular weight excluding hydrogens is 214 g/mol. The lowest BCUT2D eigenvalue weighted by atomic mass is 10.0. The van der Waals surface area contributed by atoms with Crippen LogP contribution in [0, 0.1) is 5.92 Å². The first-order chi connectivity index (χ1) is 8.06. The van der Waals surface area contributed by atoms with E-state index in [1.165, 1.54) is 0 Å². The van der Waals surface area contributed by atoms with Crippen molar-refractivity contribution < 1.29 is 10.2 Å². The summed E-state index contributed by atoms with van der Waals surface area (Å²) < 4.78 is 0. The predicted octanol–water partition coefficient (Wildman–Crippen LogP) is 2.45. The Hall–Kier alpha value is -1.06. The number of phenolic OH excluding ortho intramolecular Hbond substituents is 1. The second-order valence-corrected chi connectivity index (χ2v) is 4.74. The highest BCUT2D eigenvalue weighted by molar-refractivity contribution is 5.34. The van der Waals surface area contributed by atoms with Crippen LogP contribution in [0.5, 0.6) is 5.75 Å². The maximum Gasteiger partial charge on any atom is 0.120 e. The molecule has 3 nitrogen and oxygen atoms in total. The molecule has 2 atom stereocenters. The maximum atomic E-state index is 9.78. The van der Waals surface area contributed by atoms with Crippen LogP contribution in [-0.4, -0.2) is 22.9 Å². The van der Waals surface area contributed by atoms with Gasteiger partial charge in [0.05, 0.1) is 6.10 Å². The van der Waals surface area contributed by atoms with Crippen LogP contribution in [0.3, 0.4) is 0 Å². The van der Waals surface area contributed by atoms with E-state index in [-0.39, 0.29) is 18.1 Å². The molecule has 0 aliphatic heterocycles. The molecule has 0 radical (unpaired) electrons. The standard InChI is InChI=1S/C14H23NO2/c1-4-12(15-9-14(17)10(2)3)11-7-5-6-8-13(11)16/h5-8,10,12,14-17H,4,9H2,1-3H3. The summed E-state index contributed by atoms with van der Waals surface area (Å²) in [7, 11) is 0. The minimum atomic E-state index is -0.352. The quantitative estimate of drug-likeness (QED) is 0.712. The molecule has 1 rings (SSSR count). The van der Waals surface area contributed by atoms with Gasteiger partial charge in [0.2, 0.25) is 0 Å². The van der Waals surface area contributed by atoms with Gasteiger partial charge >= 0.3 is 0 Å². The zero-order valence-electron chi connectivity index (χ0n) is 10.9. The number of aliphatic hydroxyl groups excluding tert-OH is 1. The van der Waals surface area contributed by atoms with E-state index in [9.17, 15) is 10.2 Å². The summed E-state index contributed by atoms with van der Waals surface area (Å²) in [5.41, 5.74) is 0.894. The van der Waals surface area contributed by atoms with Crippen molar-refractivity contribution in [3.8, 4) is 5.75 Å². The number of hydrogen-bond acceptors (Lipinski definition) is 3. The minimum Gasteiger partial charge on any atom is -0.508 e. The largest absolute Gasteiger partial charge is 0.508 e. The molecule has 0 saturated carbocycles. The average Bonchev–Trinajstić information content (AvgIpc) is 2.31. The zero-order valence-corrected chi connectivity index (χ0v) is 10.9. The molecule has 0 heterocycles. The van der Waals surface area contributed by atoms with E-state index in [1.54, 1.807) is 6.07 Å². The third-order valence-corrected chi connectivity index (χ3v) is 3.06. The summed E-state index contributed by atoms with van der Waals surface area (Å²) >= 11 is 0. The molecular formula is C14H23NO2. The number of phenols is 1. The minimum absolute atomic E-state index is 0.0876. The topological polar surface area (TPSA) is 52.5 Å². The van der Waals surface area contributed by atoms with Gasteiger partial charge < -0.3 is 15.5 Å². The number of rotatable bonds is 6. The Labute approximate surface area is 103 Å². The fourth-order valence-electron chi connectivity index (χ4n) is 1.76. The Kier molecular flexibility index (Phi) is 5.45. The molecule has 0 amide bonds. The average molecular weight is 237 g/mol. The molecule has 17 heavy (non-hydrogen) atoms. The lowest BCUT2D eigenvalue weighted by Gasteiger charge is -2.22. The number of hydrogen-bond donors (Lipinski definition) is 3. The third kappa shape index (κ3) is 4.02. The maximum absolute atomic E-state index is 9.78. The van der Waals surface area contributed by atoms with Crippen molar-refractivity contribution in [1.82, 2.24) is 5.32 Å². The fraction of sp³-hybridized carbons (Fsp3) is 0.571. The van der Waals surface area contributed by atoms with Crippen molar-refractivity contribution >= 4 is 0 Å². The number of aromatic hydroxyl groups is 1. The van der Waals surface area contributed by atoms with Gasteiger partial charge in [0.15, 0.2) is 0 Å².